The van der Waals surface area contributed by atoms with Crippen LogP contribution in [0, 0.1) is 5.92 Å². The summed E-state index contributed by atoms with van der Waals surface area (Å²) in [5, 5.41) is 3.52. The van der Waals surface area contributed by atoms with Gasteiger partial charge in [-0.15, -0.1) is 0 Å². The van der Waals surface area contributed by atoms with Crippen molar-refractivity contribution in [2.45, 2.75) is 39.5 Å². The summed E-state index contributed by atoms with van der Waals surface area (Å²) >= 11 is 0. The average molecular weight is 255 g/mol. The molecule has 3 heteroatoms. The van der Waals surface area contributed by atoms with Crippen LogP contribution in [0.2, 0.25) is 0 Å². The molecule has 108 valence electrons. The molecule has 0 aromatic heterocycles. The Labute approximate surface area is 114 Å². The average Bonchev–Trinajstić information content (AvgIpc) is 2.53. The summed E-state index contributed by atoms with van der Waals surface area (Å²) in [6.07, 6.45) is 5.41. The number of hydrogen-bond donors (Lipinski definition) is 1. The summed E-state index contributed by atoms with van der Waals surface area (Å²) < 4.78 is 0. The fourth-order valence-electron chi connectivity index (χ4n) is 2.48. The number of likely N-dealkylation sites (N-methyl/N-ethyl adjacent to an activating group) is 1. The van der Waals surface area contributed by atoms with Crippen LogP contribution >= 0.6 is 0 Å². The van der Waals surface area contributed by atoms with E-state index in [9.17, 15) is 0 Å². The van der Waals surface area contributed by atoms with Crippen LogP contribution in [0.3, 0.4) is 0 Å². The number of rotatable bonds is 8. The zero-order valence-electron chi connectivity index (χ0n) is 12.7. The van der Waals surface area contributed by atoms with E-state index < -0.39 is 0 Å². The van der Waals surface area contributed by atoms with Crippen molar-refractivity contribution in [1.82, 2.24) is 15.1 Å². The van der Waals surface area contributed by atoms with Crippen LogP contribution in [-0.4, -0.2) is 62.7 Å². The first kappa shape index (κ1) is 15.9. The third-order valence-corrected chi connectivity index (χ3v) is 3.69. The summed E-state index contributed by atoms with van der Waals surface area (Å²) in [7, 11) is 2.24. The normalized spacial score (nSPS) is 19.3. The fraction of sp³-hybridized carbons (Fsp3) is 1.00. The van der Waals surface area contributed by atoms with Crippen molar-refractivity contribution in [3.05, 3.63) is 0 Å². The van der Waals surface area contributed by atoms with Gasteiger partial charge in [0.2, 0.25) is 0 Å². The van der Waals surface area contributed by atoms with Gasteiger partial charge in [-0.25, -0.2) is 0 Å². The second-order valence-corrected chi connectivity index (χ2v) is 6.16. The molecule has 0 bridgehead atoms. The second kappa shape index (κ2) is 9.76. The number of hydrogen-bond acceptors (Lipinski definition) is 3. The number of unbranched alkanes of at least 4 members (excludes halogenated alkanes) is 2. The van der Waals surface area contributed by atoms with Gasteiger partial charge in [-0.2, -0.15) is 0 Å². The minimum Gasteiger partial charge on any atom is -0.316 e. The number of nitrogens with one attached hydrogen (secondary N) is 1. The first-order valence-corrected chi connectivity index (χ1v) is 7.80. The lowest BCUT2D eigenvalue weighted by Crippen LogP contribution is -2.29. The Balaban J connectivity index is 1.91. The second-order valence-electron chi connectivity index (χ2n) is 6.16. The molecule has 0 atom stereocenters. The summed E-state index contributed by atoms with van der Waals surface area (Å²) in [4.78, 5) is 5.10. The van der Waals surface area contributed by atoms with Crippen molar-refractivity contribution in [3.63, 3.8) is 0 Å². The van der Waals surface area contributed by atoms with Crippen LogP contribution in [0.15, 0.2) is 0 Å². The van der Waals surface area contributed by atoms with E-state index in [1.54, 1.807) is 0 Å². The highest BCUT2D eigenvalue weighted by atomic mass is 15.2. The van der Waals surface area contributed by atoms with Gasteiger partial charge in [0.1, 0.15) is 0 Å². The maximum absolute atomic E-state index is 3.52. The minimum atomic E-state index is 0.777. The predicted octanol–water partition coefficient (Wildman–Crippen LogP) is 2.04. The summed E-state index contributed by atoms with van der Waals surface area (Å²) in [6.45, 7) is 13.3. The molecule has 1 fully saturated rings. The maximum Gasteiger partial charge on any atom is 0.0109 e. The van der Waals surface area contributed by atoms with Crippen LogP contribution in [0.4, 0.5) is 0 Å². The van der Waals surface area contributed by atoms with E-state index in [2.05, 4.69) is 36.0 Å². The molecule has 0 spiro atoms. The molecule has 0 aromatic carbocycles. The van der Waals surface area contributed by atoms with Crippen molar-refractivity contribution < 1.29 is 0 Å². The molecule has 0 aliphatic carbocycles. The Morgan fingerprint density at radius 1 is 1.00 bits per heavy atom. The van der Waals surface area contributed by atoms with Gasteiger partial charge in [0.25, 0.3) is 0 Å². The molecule has 3 nitrogen and oxygen atoms in total. The summed E-state index contributed by atoms with van der Waals surface area (Å²) in [5.41, 5.74) is 0. The van der Waals surface area contributed by atoms with E-state index in [0.29, 0.717) is 0 Å². The van der Waals surface area contributed by atoms with E-state index in [1.807, 2.05) is 0 Å². The largest absolute Gasteiger partial charge is 0.316 e. The zero-order chi connectivity index (χ0) is 13.2. The highest BCUT2D eigenvalue weighted by molar-refractivity contribution is 4.67. The Morgan fingerprint density at radius 3 is 2.61 bits per heavy atom. The Kier molecular flexibility index (Phi) is 8.64. The van der Waals surface area contributed by atoms with E-state index in [4.69, 9.17) is 0 Å². The van der Waals surface area contributed by atoms with E-state index in [1.165, 1.54) is 71.5 Å². The standard InChI is InChI=1S/C15H33N3/c1-15(2)14-16-8-5-4-6-10-18-11-7-9-17(3)12-13-18/h15-16H,4-14H2,1-3H3. The van der Waals surface area contributed by atoms with E-state index in [-0.39, 0.29) is 0 Å². The Morgan fingerprint density at radius 2 is 1.83 bits per heavy atom. The highest BCUT2D eigenvalue weighted by Gasteiger charge is 2.10. The molecular formula is C15H33N3. The van der Waals surface area contributed by atoms with Crippen LogP contribution in [0.1, 0.15) is 39.5 Å². The molecule has 1 aliphatic heterocycles. The molecule has 0 amide bonds. The minimum absolute atomic E-state index is 0.777. The van der Waals surface area contributed by atoms with Crippen LogP contribution in [0.5, 0.6) is 0 Å². The van der Waals surface area contributed by atoms with Crippen LogP contribution < -0.4 is 5.32 Å². The summed E-state index contributed by atoms with van der Waals surface area (Å²) in [5.74, 6) is 0.777. The smallest absolute Gasteiger partial charge is 0.0109 e. The number of nitrogens with zero attached hydrogens (tertiary/aromatic N) is 2. The van der Waals surface area contributed by atoms with Gasteiger partial charge in [-0.1, -0.05) is 20.3 Å². The molecular weight excluding hydrogens is 222 g/mol. The Bertz CT molecular complexity index is 194. The first-order valence-electron chi connectivity index (χ1n) is 7.80. The van der Waals surface area contributed by atoms with Gasteiger partial charge in [-0.05, 0) is 65.0 Å². The van der Waals surface area contributed by atoms with Gasteiger partial charge >= 0.3 is 0 Å². The fourth-order valence-corrected chi connectivity index (χ4v) is 2.48. The van der Waals surface area contributed by atoms with Gasteiger partial charge in [0.15, 0.2) is 0 Å². The highest BCUT2D eigenvalue weighted by Crippen LogP contribution is 2.04. The third-order valence-electron chi connectivity index (χ3n) is 3.69. The lowest BCUT2D eigenvalue weighted by Gasteiger charge is -2.19. The quantitative estimate of drug-likeness (QED) is 0.670. The molecule has 1 heterocycles. The van der Waals surface area contributed by atoms with Gasteiger partial charge in [-0.3, -0.25) is 0 Å². The molecule has 18 heavy (non-hydrogen) atoms. The van der Waals surface area contributed by atoms with E-state index in [0.717, 1.165) is 5.92 Å². The molecule has 0 unspecified atom stereocenters. The lowest BCUT2D eigenvalue weighted by molar-refractivity contribution is 0.270. The van der Waals surface area contributed by atoms with Crippen LogP contribution in [-0.2, 0) is 0 Å². The van der Waals surface area contributed by atoms with Crippen molar-refractivity contribution in [3.8, 4) is 0 Å². The molecule has 1 aliphatic rings. The van der Waals surface area contributed by atoms with Crippen molar-refractivity contribution in [2.24, 2.45) is 5.92 Å². The van der Waals surface area contributed by atoms with Crippen LogP contribution in [0.25, 0.3) is 0 Å². The summed E-state index contributed by atoms with van der Waals surface area (Å²) in [6, 6.07) is 0. The SMILES string of the molecule is CC(C)CNCCCCCN1CCCN(C)CC1. The molecule has 0 radical (unpaired) electrons. The monoisotopic (exact) mass is 255 g/mol. The van der Waals surface area contributed by atoms with Gasteiger partial charge in [0, 0.05) is 13.1 Å². The third kappa shape index (κ3) is 8.06. The first-order chi connectivity index (χ1) is 8.68. The topological polar surface area (TPSA) is 18.5 Å². The van der Waals surface area contributed by atoms with Crippen molar-refractivity contribution in [2.75, 3.05) is 52.9 Å². The molecule has 1 rings (SSSR count). The maximum atomic E-state index is 3.52. The molecule has 0 saturated carbocycles. The van der Waals surface area contributed by atoms with Gasteiger partial charge < -0.3 is 15.1 Å². The van der Waals surface area contributed by atoms with Crippen molar-refractivity contribution in [1.29, 1.82) is 0 Å². The molecule has 0 aromatic rings. The molecule has 1 saturated heterocycles. The predicted molar refractivity (Wildman–Crippen MR) is 80.1 cm³/mol. The lowest BCUT2D eigenvalue weighted by atomic mass is 10.2. The Hall–Kier alpha value is -0.120. The van der Waals surface area contributed by atoms with Gasteiger partial charge in [0.05, 0.1) is 0 Å². The van der Waals surface area contributed by atoms with E-state index >= 15 is 0 Å². The zero-order valence-corrected chi connectivity index (χ0v) is 12.7. The molecule has 1 N–H and O–H groups in total. The van der Waals surface area contributed by atoms with Crippen molar-refractivity contribution >= 4 is 0 Å².